The average Bonchev–Trinajstić information content (AvgIpc) is 1.63. The van der Waals surface area contributed by atoms with Gasteiger partial charge in [0, 0.05) is 10.4 Å². The van der Waals surface area contributed by atoms with Crippen molar-refractivity contribution in [3.05, 3.63) is 0 Å². The molecule has 26 heteroatoms. The van der Waals surface area contributed by atoms with Crippen molar-refractivity contribution in [3.8, 4) is 0 Å². The van der Waals surface area contributed by atoms with Crippen LogP contribution in [0.5, 0.6) is 0 Å². The van der Waals surface area contributed by atoms with Gasteiger partial charge in [0.2, 0.25) is 0 Å². The molecule has 0 atom stereocenters. The molecule has 0 aliphatic heterocycles. The second kappa shape index (κ2) is 29.3. The third-order valence-electron chi connectivity index (χ3n) is 0.200. The van der Waals surface area contributed by atoms with Gasteiger partial charge in [-0.15, -0.1) is 0 Å². The molecule has 0 unspecified atom stereocenters. The van der Waals surface area contributed by atoms with Gasteiger partial charge in [0.1, 0.15) is 0 Å². The van der Waals surface area contributed by atoms with E-state index < -0.39 is 33.9 Å². The van der Waals surface area contributed by atoms with E-state index in [0.29, 0.717) is 0 Å². The normalized spacial score (nSPS) is 9.27. The monoisotopic (exact) mass is 592 g/mol. The van der Waals surface area contributed by atoms with Gasteiger partial charge < -0.3 is 61.4 Å². The van der Waals surface area contributed by atoms with Crippen LogP contribution in [0.15, 0.2) is 0 Å². The molecule has 132 valence electrons. The summed E-state index contributed by atoms with van der Waals surface area (Å²) in [5.74, 6) is 0. The zero-order valence-electron chi connectivity index (χ0n) is 13.6. The standard InChI is InChI=1S/2Fe.5Na.H4O7P2.H3O4P.H2O4S/c;;;;;;;1-8(2,3)7-9(4,5)6;2*1-5(2,3)4/h;;;;;;;(H2,1,2,3)(H2,4,5,6);(H3,1,2,3,4);(H2,1,2,3,4)/q2*+2;5*+1;;;/p-9. The molecule has 0 saturated carbocycles. The summed E-state index contributed by atoms with van der Waals surface area (Å²) in [6.07, 6.45) is 0. The van der Waals surface area contributed by atoms with Crippen LogP contribution in [0.1, 0.15) is 0 Å². The van der Waals surface area contributed by atoms with Gasteiger partial charge in [0.25, 0.3) is 0 Å². The van der Waals surface area contributed by atoms with Gasteiger partial charge in [-0.2, -0.15) is 7.82 Å². The third kappa shape index (κ3) is 172. The number of hydrogen-bond acceptors (Lipinski definition) is 15. The molecule has 0 aromatic rings. The van der Waals surface area contributed by atoms with Crippen LogP contribution in [0.3, 0.4) is 0 Å². The largest absolute Gasteiger partial charge is 2.00 e. The minimum atomic E-state index is -5.68. The van der Waals surface area contributed by atoms with Gasteiger partial charge in [-0.05, 0) is 0 Å². The summed E-state index contributed by atoms with van der Waals surface area (Å²) in [6.45, 7) is 0. The molecule has 0 aromatic heterocycles. The third-order valence-corrected chi connectivity index (χ3v) is 1.80. The summed E-state index contributed by atoms with van der Waals surface area (Å²) in [4.78, 5) is 62.9. The predicted molar refractivity (Wildman–Crippen MR) is 34.4 cm³/mol. The maximum absolute atomic E-state index is 9.32. The summed E-state index contributed by atoms with van der Waals surface area (Å²) in [5.41, 5.74) is 0. The fraction of sp³-hybridized carbons (Fsp3) is 0. The molecular formula is Fe2Na5O15P3S. The van der Waals surface area contributed by atoms with Crippen molar-refractivity contribution in [1.82, 2.24) is 0 Å². The SMILES string of the molecule is O=P([O-])([O-])OP(=O)([O-])[O-].O=P([O-])([O-])[O-].O=S(=O)([O-])[O-].[Fe+2].[Fe+2].[Na+].[Na+].[Na+].[Na+].[Na+]. The van der Waals surface area contributed by atoms with E-state index in [1.54, 1.807) is 0 Å². The molecule has 0 radical (unpaired) electrons. The second-order valence-corrected chi connectivity index (χ2v) is 5.98. The zero-order chi connectivity index (χ0) is 16.7. The van der Waals surface area contributed by atoms with Crippen LogP contribution < -0.4 is 182 Å². The second-order valence-electron chi connectivity index (χ2n) is 1.83. The quantitative estimate of drug-likeness (QED) is 0.124. The Morgan fingerprint density at radius 2 is 0.654 bits per heavy atom. The summed E-state index contributed by atoms with van der Waals surface area (Å²) >= 11 is 0. The van der Waals surface area contributed by atoms with Crippen molar-refractivity contribution in [1.29, 1.82) is 0 Å². The van der Waals surface area contributed by atoms with Gasteiger partial charge in [-0.25, -0.2) is 0 Å². The van der Waals surface area contributed by atoms with Crippen molar-refractivity contribution >= 4 is 33.9 Å². The molecule has 0 rings (SSSR count). The van der Waals surface area contributed by atoms with Crippen LogP contribution in [0.4, 0.5) is 0 Å². The molecule has 0 fully saturated rings. The van der Waals surface area contributed by atoms with Crippen LogP contribution >= 0.6 is 23.5 Å². The molecule has 0 spiro atoms. The van der Waals surface area contributed by atoms with E-state index in [9.17, 15) is 28.7 Å². The van der Waals surface area contributed by atoms with E-state index >= 15 is 0 Å². The summed E-state index contributed by atoms with van der Waals surface area (Å²) in [6, 6.07) is 0. The Kier molecular flexibility index (Phi) is 71.7. The Balaban J connectivity index is -0.0000000170. The zero-order valence-corrected chi connectivity index (χ0v) is 29.3. The Hall–Kier alpha value is 6.28. The first-order valence-corrected chi connectivity index (χ1v) is 8.57. The topological polar surface area (TPSA) is 302 Å². The van der Waals surface area contributed by atoms with Crippen molar-refractivity contribution < 1.29 is 252 Å². The molecule has 26 heavy (non-hydrogen) atoms. The van der Waals surface area contributed by atoms with Crippen LogP contribution in [-0.4, -0.2) is 17.5 Å². The molecular weight excluding hydrogens is 592 g/mol. The Bertz CT molecular complexity index is 455. The molecule has 0 N–H and O–H groups in total. The molecule has 0 bridgehead atoms. The van der Waals surface area contributed by atoms with Crippen LogP contribution in [0.2, 0.25) is 0 Å². The summed E-state index contributed by atoms with van der Waals surface area (Å²) in [5, 5.41) is 0. The predicted octanol–water partition coefficient (Wildman–Crippen LogP) is -22.5. The van der Waals surface area contributed by atoms with Crippen LogP contribution in [-0.2, 0) is 62.5 Å². The smallest absolute Gasteiger partial charge is 0.822 e. The summed E-state index contributed by atoms with van der Waals surface area (Å²) < 4.78 is 63.8. The van der Waals surface area contributed by atoms with Gasteiger partial charge in [0.15, 0.2) is 0 Å². The molecule has 0 amide bonds. The van der Waals surface area contributed by atoms with E-state index in [-0.39, 0.29) is 182 Å². The average molecular weight is 592 g/mol. The first-order valence-electron chi connectivity index (χ1n) is 2.86. The fourth-order valence-electron chi connectivity index (χ4n) is 0.122. The van der Waals surface area contributed by atoms with Crippen molar-refractivity contribution in [3.63, 3.8) is 0 Å². The number of rotatable bonds is 2. The minimum absolute atomic E-state index is 0. The first-order chi connectivity index (χ1) is 7.71. The number of hydrogen-bond donors (Lipinski definition) is 0. The maximum atomic E-state index is 9.32. The minimum Gasteiger partial charge on any atom is -0.822 e. The van der Waals surface area contributed by atoms with Gasteiger partial charge >= 0.3 is 182 Å². The molecule has 0 saturated heterocycles. The molecule has 0 aromatic carbocycles. The van der Waals surface area contributed by atoms with Crippen molar-refractivity contribution in [2.24, 2.45) is 0 Å². The van der Waals surface area contributed by atoms with Crippen molar-refractivity contribution in [2.45, 2.75) is 0 Å². The Morgan fingerprint density at radius 1 is 0.577 bits per heavy atom. The van der Waals surface area contributed by atoms with E-state index in [1.165, 1.54) is 0 Å². The number of phosphoric acid groups is 3. The van der Waals surface area contributed by atoms with E-state index in [2.05, 4.69) is 4.31 Å². The van der Waals surface area contributed by atoms with E-state index in [0.717, 1.165) is 0 Å². The van der Waals surface area contributed by atoms with Gasteiger partial charge in [-0.1, -0.05) is 0 Å². The molecule has 0 heterocycles. The van der Waals surface area contributed by atoms with Gasteiger partial charge in [0.05, 0.1) is 15.6 Å². The fourth-order valence-corrected chi connectivity index (χ4v) is 1.10. The van der Waals surface area contributed by atoms with Crippen LogP contribution in [0.25, 0.3) is 0 Å². The first kappa shape index (κ1) is 63.6. The molecule has 15 nitrogen and oxygen atoms in total. The Morgan fingerprint density at radius 3 is 0.654 bits per heavy atom. The van der Waals surface area contributed by atoms with Crippen LogP contribution in [0, 0.1) is 0 Å². The maximum Gasteiger partial charge on any atom is 2.00 e. The summed E-state index contributed by atoms with van der Waals surface area (Å²) in [7, 11) is -21.9. The Labute approximate surface area is 280 Å². The molecule has 0 aliphatic rings. The molecule has 0 aliphatic carbocycles. The van der Waals surface area contributed by atoms with E-state index in [1.807, 2.05) is 0 Å². The van der Waals surface area contributed by atoms with Gasteiger partial charge in [-0.3, -0.25) is 8.42 Å². The van der Waals surface area contributed by atoms with E-state index in [4.69, 9.17) is 36.8 Å². The van der Waals surface area contributed by atoms with Crippen molar-refractivity contribution in [2.75, 3.05) is 0 Å².